The van der Waals surface area contributed by atoms with Gasteiger partial charge in [0.15, 0.2) is 5.82 Å². The second-order valence-electron chi connectivity index (χ2n) is 11.7. The average Bonchev–Trinajstić information content (AvgIpc) is 3.80. The Morgan fingerprint density at radius 1 is 1.07 bits per heavy atom. The van der Waals surface area contributed by atoms with Gasteiger partial charge in [0, 0.05) is 28.0 Å². The van der Waals surface area contributed by atoms with Gasteiger partial charge in [-0.1, -0.05) is 13.8 Å². The third-order valence-electron chi connectivity index (χ3n) is 7.80. The lowest BCUT2D eigenvalue weighted by Gasteiger charge is -2.33. The topological polar surface area (TPSA) is 117 Å². The van der Waals surface area contributed by atoms with E-state index in [1.165, 1.54) is 51.3 Å². The normalized spacial score (nSPS) is 15.1. The van der Waals surface area contributed by atoms with Crippen molar-refractivity contribution >= 4 is 16.8 Å². The third kappa shape index (κ3) is 5.69. The van der Waals surface area contributed by atoms with E-state index in [2.05, 4.69) is 20.5 Å². The predicted octanol–water partition coefficient (Wildman–Crippen LogP) is 5.36. The first-order valence-electron chi connectivity index (χ1n) is 13.9. The fraction of sp³-hybridized carbons (Fsp3) is 0.375. The molecule has 1 aliphatic rings. The summed E-state index contributed by atoms with van der Waals surface area (Å²) in [5.74, 6) is -1.48. The number of amides is 1. The largest absolute Gasteiger partial charge is 0.494 e. The van der Waals surface area contributed by atoms with Crippen molar-refractivity contribution in [1.29, 1.82) is 0 Å². The van der Waals surface area contributed by atoms with E-state index >= 15 is 4.39 Å². The molecule has 0 radical (unpaired) electrons. The van der Waals surface area contributed by atoms with Crippen molar-refractivity contribution in [1.82, 2.24) is 20.5 Å². The van der Waals surface area contributed by atoms with Crippen LogP contribution in [0.1, 0.15) is 73.8 Å². The summed E-state index contributed by atoms with van der Waals surface area (Å²) in [6.45, 7) is 6.07. The van der Waals surface area contributed by atoms with E-state index in [-0.39, 0.29) is 29.1 Å². The Morgan fingerprint density at radius 2 is 1.76 bits per heavy atom. The highest BCUT2D eigenvalue weighted by Gasteiger charge is 2.38. The Balaban J connectivity index is 1.51. The number of nitrogens with zero attached hydrogens (tertiary/aromatic N) is 3. The quantitative estimate of drug-likeness (QED) is 0.246. The van der Waals surface area contributed by atoms with Gasteiger partial charge in [0.05, 0.1) is 30.6 Å². The maximum atomic E-state index is 15.7. The molecule has 1 amide bonds. The SMILES string of the molecule is COc1cc(C(=O)NC[C@](O)(c2cc(C(C)(C)O)c(F)c(-c3ccc(F)cc3)n2)C(C)C)cc2cc(C3CC3)nnc12. The van der Waals surface area contributed by atoms with Gasteiger partial charge in [-0.2, -0.15) is 5.10 Å². The van der Waals surface area contributed by atoms with Gasteiger partial charge in [-0.25, -0.2) is 13.8 Å². The lowest BCUT2D eigenvalue weighted by Crippen LogP contribution is -2.45. The molecule has 0 saturated heterocycles. The number of carbonyl (C=O) groups excluding carboxylic acids is 1. The van der Waals surface area contributed by atoms with Crippen LogP contribution in [-0.2, 0) is 11.2 Å². The molecule has 1 atom stereocenters. The molecular formula is C32H34F2N4O4. The number of nitrogens with one attached hydrogen (secondary N) is 1. The minimum atomic E-state index is -1.76. The maximum absolute atomic E-state index is 15.7. The second-order valence-corrected chi connectivity index (χ2v) is 11.7. The van der Waals surface area contributed by atoms with Crippen molar-refractivity contribution in [3.8, 4) is 17.0 Å². The zero-order chi connectivity index (χ0) is 30.4. The zero-order valence-electron chi connectivity index (χ0n) is 24.2. The first-order chi connectivity index (χ1) is 19.8. The molecular weight excluding hydrogens is 542 g/mol. The molecule has 5 rings (SSSR count). The second kappa shape index (κ2) is 11.0. The summed E-state index contributed by atoms with van der Waals surface area (Å²) < 4.78 is 34.7. The number of aromatic nitrogens is 3. The van der Waals surface area contributed by atoms with Gasteiger partial charge < -0.3 is 20.3 Å². The summed E-state index contributed by atoms with van der Waals surface area (Å²) in [4.78, 5) is 17.9. The molecule has 1 aliphatic carbocycles. The van der Waals surface area contributed by atoms with Crippen LogP contribution in [0.2, 0.25) is 0 Å². The minimum Gasteiger partial charge on any atom is -0.494 e. The Hall–Kier alpha value is -4.02. The van der Waals surface area contributed by atoms with Gasteiger partial charge >= 0.3 is 0 Å². The number of pyridine rings is 1. The highest BCUT2D eigenvalue weighted by molar-refractivity contribution is 5.99. The van der Waals surface area contributed by atoms with Crippen molar-refractivity contribution in [3.05, 3.63) is 82.7 Å². The molecule has 1 saturated carbocycles. The molecule has 2 aromatic carbocycles. The molecule has 0 bridgehead atoms. The summed E-state index contributed by atoms with van der Waals surface area (Å²) in [6, 6.07) is 11.6. The van der Waals surface area contributed by atoms with E-state index in [0.29, 0.717) is 22.7 Å². The van der Waals surface area contributed by atoms with Crippen LogP contribution < -0.4 is 10.1 Å². The summed E-state index contributed by atoms with van der Waals surface area (Å²) in [5, 5.41) is 34.8. The molecule has 0 aliphatic heterocycles. The number of ether oxygens (including phenoxy) is 1. The number of carbonyl (C=O) groups is 1. The number of fused-ring (bicyclic) bond motifs is 1. The summed E-state index contributed by atoms with van der Waals surface area (Å²) >= 11 is 0. The third-order valence-corrected chi connectivity index (χ3v) is 7.80. The van der Waals surface area contributed by atoms with Crippen LogP contribution in [0.5, 0.6) is 5.75 Å². The monoisotopic (exact) mass is 576 g/mol. The molecule has 0 spiro atoms. The molecule has 2 heterocycles. The molecule has 8 nitrogen and oxygen atoms in total. The zero-order valence-corrected chi connectivity index (χ0v) is 24.2. The van der Waals surface area contributed by atoms with E-state index in [0.717, 1.165) is 23.9 Å². The maximum Gasteiger partial charge on any atom is 0.251 e. The van der Waals surface area contributed by atoms with Gasteiger partial charge in [-0.05, 0) is 81.1 Å². The number of hydrogen-bond acceptors (Lipinski definition) is 7. The highest BCUT2D eigenvalue weighted by Crippen LogP contribution is 2.40. The van der Waals surface area contributed by atoms with Gasteiger partial charge in [0.25, 0.3) is 5.91 Å². The van der Waals surface area contributed by atoms with Crippen LogP contribution in [0.15, 0.2) is 48.5 Å². The van der Waals surface area contributed by atoms with E-state index in [1.54, 1.807) is 26.0 Å². The molecule has 4 aromatic rings. The van der Waals surface area contributed by atoms with Crippen molar-refractivity contribution in [2.45, 2.75) is 57.7 Å². The van der Waals surface area contributed by atoms with Gasteiger partial charge in [-0.15, -0.1) is 5.10 Å². The molecule has 1 fully saturated rings. The van der Waals surface area contributed by atoms with Gasteiger partial charge in [0.1, 0.15) is 28.4 Å². The fourth-order valence-electron chi connectivity index (χ4n) is 4.91. The standard InChI is InChI=1S/C32H34F2N4O4/c1-17(2)32(41,26-15-23(31(3,4)40)27(34)29(36-26)19-8-10-22(33)11-9-19)16-35-30(39)21-12-20-13-24(18-6-7-18)37-38-28(20)25(14-21)42-5/h8-15,17-18,40-41H,6-7,16H2,1-5H3,(H,35,39)/t32-/m1/s1. The fourth-order valence-corrected chi connectivity index (χ4v) is 4.91. The number of hydrogen-bond donors (Lipinski definition) is 3. The molecule has 220 valence electrons. The lowest BCUT2D eigenvalue weighted by molar-refractivity contribution is -0.0129. The first-order valence-corrected chi connectivity index (χ1v) is 13.9. The van der Waals surface area contributed by atoms with E-state index in [1.807, 2.05) is 6.07 Å². The number of rotatable bonds is 9. The van der Waals surface area contributed by atoms with E-state index < -0.39 is 34.7 Å². The van der Waals surface area contributed by atoms with Gasteiger partial charge in [0.2, 0.25) is 0 Å². The number of aliphatic hydroxyl groups is 2. The first kappa shape index (κ1) is 29.5. The van der Waals surface area contributed by atoms with Crippen molar-refractivity contribution < 1.29 is 28.5 Å². The Labute approximate surface area is 242 Å². The van der Waals surface area contributed by atoms with Crippen LogP contribution in [0, 0.1) is 17.6 Å². The summed E-state index contributed by atoms with van der Waals surface area (Å²) in [5.41, 5.74) is -1.59. The molecule has 0 unspecified atom stereocenters. The Morgan fingerprint density at radius 3 is 2.36 bits per heavy atom. The molecule has 42 heavy (non-hydrogen) atoms. The molecule has 10 heteroatoms. The molecule has 2 aromatic heterocycles. The summed E-state index contributed by atoms with van der Waals surface area (Å²) in [7, 11) is 1.49. The Kier molecular flexibility index (Phi) is 7.72. The number of halogens is 2. The summed E-state index contributed by atoms with van der Waals surface area (Å²) in [6.07, 6.45) is 2.11. The van der Waals surface area contributed by atoms with Crippen molar-refractivity contribution in [2.24, 2.45) is 5.92 Å². The molecule has 3 N–H and O–H groups in total. The smallest absolute Gasteiger partial charge is 0.251 e. The Bertz CT molecular complexity index is 1650. The van der Waals surface area contributed by atoms with Crippen LogP contribution in [0.25, 0.3) is 22.2 Å². The van der Waals surface area contributed by atoms with E-state index in [9.17, 15) is 19.4 Å². The lowest BCUT2D eigenvalue weighted by atomic mass is 9.83. The van der Waals surface area contributed by atoms with E-state index in [4.69, 9.17) is 4.74 Å². The average molecular weight is 577 g/mol. The van der Waals surface area contributed by atoms with Crippen LogP contribution >= 0.6 is 0 Å². The predicted molar refractivity (Wildman–Crippen MR) is 154 cm³/mol. The number of benzene rings is 2. The highest BCUT2D eigenvalue weighted by atomic mass is 19.1. The van der Waals surface area contributed by atoms with Crippen molar-refractivity contribution in [2.75, 3.05) is 13.7 Å². The van der Waals surface area contributed by atoms with Crippen molar-refractivity contribution in [3.63, 3.8) is 0 Å². The number of methoxy groups -OCH3 is 1. The van der Waals surface area contributed by atoms with Gasteiger partial charge in [-0.3, -0.25) is 4.79 Å². The minimum absolute atomic E-state index is 0.0519. The van der Waals surface area contributed by atoms with Crippen LogP contribution in [0.3, 0.4) is 0 Å². The van der Waals surface area contributed by atoms with Crippen LogP contribution in [-0.4, -0.2) is 45.0 Å². The van der Waals surface area contributed by atoms with Crippen LogP contribution in [0.4, 0.5) is 8.78 Å².